The Labute approximate surface area is 125 Å². The SMILES string of the molecule is CCC(C)n1ccc(CC(O)(CC)c2ccccc2F)n1. The fourth-order valence-corrected chi connectivity index (χ4v) is 2.45. The average molecular weight is 290 g/mol. The van der Waals surface area contributed by atoms with Gasteiger partial charge in [-0.3, -0.25) is 4.68 Å². The summed E-state index contributed by atoms with van der Waals surface area (Å²) in [6.07, 6.45) is 3.66. The Morgan fingerprint density at radius 1 is 1.29 bits per heavy atom. The molecule has 0 radical (unpaired) electrons. The fraction of sp³-hybridized carbons (Fsp3) is 0.471. The molecule has 1 aromatic heterocycles. The van der Waals surface area contributed by atoms with E-state index < -0.39 is 5.60 Å². The van der Waals surface area contributed by atoms with E-state index >= 15 is 0 Å². The number of hydrogen-bond donors (Lipinski definition) is 1. The van der Waals surface area contributed by atoms with Crippen LogP contribution >= 0.6 is 0 Å². The molecule has 4 heteroatoms. The number of aliphatic hydroxyl groups is 1. The van der Waals surface area contributed by atoms with Gasteiger partial charge in [-0.05, 0) is 31.9 Å². The Morgan fingerprint density at radius 2 is 2.00 bits per heavy atom. The highest BCUT2D eigenvalue weighted by Crippen LogP contribution is 2.30. The van der Waals surface area contributed by atoms with Gasteiger partial charge in [0.15, 0.2) is 0 Å². The van der Waals surface area contributed by atoms with Crippen molar-refractivity contribution < 1.29 is 9.50 Å². The molecule has 2 atom stereocenters. The molecule has 1 N–H and O–H groups in total. The Kier molecular flexibility index (Phi) is 4.78. The van der Waals surface area contributed by atoms with Gasteiger partial charge in [0.2, 0.25) is 0 Å². The van der Waals surface area contributed by atoms with Crippen LogP contribution in [0.15, 0.2) is 36.5 Å². The first-order valence-corrected chi connectivity index (χ1v) is 7.51. The molecule has 2 unspecified atom stereocenters. The van der Waals surface area contributed by atoms with Crippen molar-refractivity contribution in [3.05, 3.63) is 53.6 Å². The van der Waals surface area contributed by atoms with E-state index in [-0.39, 0.29) is 5.82 Å². The summed E-state index contributed by atoms with van der Waals surface area (Å²) >= 11 is 0. The number of nitrogens with zero attached hydrogens (tertiary/aromatic N) is 2. The molecule has 0 saturated carbocycles. The molecule has 1 heterocycles. The van der Waals surface area contributed by atoms with Crippen LogP contribution in [-0.2, 0) is 12.0 Å². The third-order valence-corrected chi connectivity index (χ3v) is 4.14. The summed E-state index contributed by atoms with van der Waals surface area (Å²) in [5.41, 5.74) is -0.103. The first kappa shape index (κ1) is 15.7. The maximum atomic E-state index is 14.0. The van der Waals surface area contributed by atoms with Crippen molar-refractivity contribution in [2.45, 2.75) is 51.7 Å². The van der Waals surface area contributed by atoms with Crippen molar-refractivity contribution in [2.75, 3.05) is 0 Å². The zero-order valence-electron chi connectivity index (χ0n) is 12.9. The van der Waals surface area contributed by atoms with Gasteiger partial charge in [0, 0.05) is 24.2 Å². The largest absolute Gasteiger partial charge is 0.385 e. The lowest BCUT2D eigenvalue weighted by atomic mass is 9.86. The first-order chi connectivity index (χ1) is 10.00. The molecule has 0 fully saturated rings. The Balaban J connectivity index is 2.26. The van der Waals surface area contributed by atoms with Crippen LogP contribution in [0.3, 0.4) is 0 Å². The molecule has 0 amide bonds. The van der Waals surface area contributed by atoms with Crippen LogP contribution < -0.4 is 0 Å². The Hall–Kier alpha value is -1.68. The molecule has 1 aromatic carbocycles. The lowest BCUT2D eigenvalue weighted by Gasteiger charge is -2.27. The molecule has 2 rings (SSSR count). The average Bonchev–Trinajstić information content (AvgIpc) is 2.95. The van der Waals surface area contributed by atoms with E-state index in [9.17, 15) is 9.50 Å². The van der Waals surface area contributed by atoms with Gasteiger partial charge in [-0.2, -0.15) is 5.10 Å². The fourth-order valence-electron chi connectivity index (χ4n) is 2.45. The predicted molar refractivity (Wildman–Crippen MR) is 81.5 cm³/mol. The van der Waals surface area contributed by atoms with E-state index in [1.165, 1.54) is 6.07 Å². The summed E-state index contributed by atoms with van der Waals surface area (Å²) in [6, 6.07) is 8.62. The van der Waals surface area contributed by atoms with Gasteiger partial charge in [-0.1, -0.05) is 32.0 Å². The molecule has 0 aliphatic carbocycles. The van der Waals surface area contributed by atoms with Gasteiger partial charge in [0.05, 0.1) is 11.3 Å². The Morgan fingerprint density at radius 3 is 2.62 bits per heavy atom. The van der Waals surface area contributed by atoms with Gasteiger partial charge in [0.1, 0.15) is 5.82 Å². The molecule has 2 aromatic rings. The molecule has 0 aliphatic heterocycles. The van der Waals surface area contributed by atoms with Crippen LogP contribution in [-0.4, -0.2) is 14.9 Å². The second-order valence-corrected chi connectivity index (χ2v) is 5.59. The second kappa shape index (κ2) is 6.39. The number of benzene rings is 1. The van der Waals surface area contributed by atoms with Crippen LogP contribution in [0.25, 0.3) is 0 Å². The molecular formula is C17H23FN2O. The lowest BCUT2D eigenvalue weighted by Crippen LogP contribution is -2.29. The summed E-state index contributed by atoms with van der Waals surface area (Å²) in [5.74, 6) is -0.372. The minimum absolute atomic E-state index is 0.313. The molecule has 21 heavy (non-hydrogen) atoms. The predicted octanol–water partition coefficient (Wildman–Crippen LogP) is 3.83. The van der Waals surface area contributed by atoms with Crippen LogP contribution in [0, 0.1) is 5.82 Å². The topological polar surface area (TPSA) is 38.0 Å². The van der Waals surface area contributed by atoms with Gasteiger partial charge in [0.25, 0.3) is 0 Å². The molecule has 0 bridgehead atoms. The standard InChI is InChI=1S/C17H23FN2O/c1-4-13(3)20-11-10-14(19-20)12-17(21,5-2)15-8-6-7-9-16(15)18/h6-11,13,21H,4-5,12H2,1-3H3. The number of halogens is 1. The minimum Gasteiger partial charge on any atom is -0.385 e. The van der Waals surface area contributed by atoms with Gasteiger partial charge in [-0.25, -0.2) is 4.39 Å². The molecule has 114 valence electrons. The highest BCUT2D eigenvalue weighted by molar-refractivity contribution is 5.26. The van der Waals surface area contributed by atoms with Crippen molar-refractivity contribution in [2.24, 2.45) is 0 Å². The third kappa shape index (κ3) is 3.32. The van der Waals surface area contributed by atoms with Gasteiger partial charge in [-0.15, -0.1) is 0 Å². The zero-order chi connectivity index (χ0) is 15.5. The lowest BCUT2D eigenvalue weighted by molar-refractivity contribution is 0.0280. The quantitative estimate of drug-likeness (QED) is 0.878. The third-order valence-electron chi connectivity index (χ3n) is 4.14. The number of rotatable bonds is 6. The molecule has 0 saturated heterocycles. The first-order valence-electron chi connectivity index (χ1n) is 7.51. The van der Waals surface area contributed by atoms with Crippen LogP contribution in [0.1, 0.15) is 50.9 Å². The van der Waals surface area contributed by atoms with Crippen LogP contribution in [0.5, 0.6) is 0 Å². The minimum atomic E-state index is -1.22. The normalized spacial score (nSPS) is 15.7. The Bertz CT molecular complexity index is 596. The van der Waals surface area contributed by atoms with Crippen LogP contribution in [0.2, 0.25) is 0 Å². The monoisotopic (exact) mass is 290 g/mol. The number of hydrogen-bond acceptors (Lipinski definition) is 2. The summed E-state index contributed by atoms with van der Waals surface area (Å²) in [4.78, 5) is 0. The smallest absolute Gasteiger partial charge is 0.129 e. The van der Waals surface area contributed by atoms with E-state index in [1.807, 2.05) is 23.9 Å². The van der Waals surface area contributed by atoms with E-state index in [4.69, 9.17) is 0 Å². The van der Waals surface area contributed by atoms with Crippen molar-refractivity contribution in [1.82, 2.24) is 9.78 Å². The maximum absolute atomic E-state index is 14.0. The van der Waals surface area contributed by atoms with E-state index in [0.29, 0.717) is 24.4 Å². The zero-order valence-corrected chi connectivity index (χ0v) is 12.9. The molecule has 0 aliphatic rings. The summed E-state index contributed by atoms with van der Waals surface area (Å²) in [5, 5.41) is 15.3. The summed E-state index contributed by atoms with van der Waals surface area (Å²) < 4.78 is 15.9. The van der Waals surface area contributed by atoms with E-state index in [2.05, 4.69) is 18.9 Å². The van der Waals surface area contributed by atoms with Crippen molar-refractivity contribution in [1.29, 1.82) is 0 Å². The van der Waals surface area contributed by atoms with Gasteiger partial charge < -0.3 is 5.11 Å². The number of aromatic nitrogens is 2. The highest BCUT2D eigenvalue weighted by Gasteiger charge is 2.31. The maximum Gasteiger partial charge on any atom is 0.129 e. The van der Waals surface area contributed by atoms with E-state index in [0.717, 1.165) is 12.1 Å². The molecule has 3 nitrogen and oxygen atoms in total. The van der Waals surface area contributed by atoms with Crippen LogP contribution in [0.4, 0.5) is 4.39 Å². The highest BCUT2D eigenvalue weighted by atomic mass is 19.1. The van der Waals surface area contributed by atoms with Crippen molar-refractivity contribution in [3.8, 4) is 0 Å². The summed E-state index contributed by atoms with van der Waals surface area (Å²) in [7, 11) is 0. The molecular weight excluding hydrogens is 267 g/mol. The molecule has 0 spiro atoms. The van der Waals surface area contributed by atoms with Gasteiger partial charge >= 0.3 is 0 Å². The van der Waals surface area contributed by atoms with Crippen molar-refractivity contribution in [3.63, 3.8) is 0 Å². The van der Waals surface area contributed by atoms with Crippen molar-refractivity contribution >= 4 is 0 Å². The van der Waals surface area contributed by atoms with E-state index in [1.54, 1.807) is 18.2 Å². The second-order valence-electron chi connectivity index (χ2n) is 5.59. The summed E-state index contributed by atoms with van der Waals surface area (Å²) in [6.45, 7) is 6.06.